The zero-order valence-corrected chi connectivity index (χ0v) is 9.86. The molecule has 0 aromatic carbocycles. The van der Waals surface area contributed by atoms with Crippen LogP contribution >= 0.6 is 0 Å². The number of hydrogen-bond acceptors (Lipinski definition) is 3. The Bertz CT molecular complexity index is 307. The SMILES string of the molecule is CCC1(C(=O)N2CCN(C)C(=O)C2)COC1. The van der Waals surface area contributed by atoms with Gasteiger partial charge in [-0.2, -0.15) is 0 Å². The third-order valence-corrected chi connectivity index (χ3v) is 3.63. The van der Waals surface area contributed by atoms with Crippen molar-refractivity contribution in [2.24, 2.45) is 5.41 Å². The van der Waals surface area contributed by atoms with Gasteiger partial charge in [-0.25, -0.2) is 0 Å². The van der Waals surface area contributed by atoms with Crippen molar-refractivity contribution in [3.63, 3.8) is 0 Å². The molecular weight excluding hydrogens is 208 g/mol. The van der Waals surface area contributed by atoms with Crippen LogP contribution in [0.5, 0.6) is 0 Å². The van der Waals surface area contributed by atoms with Crippen LogP contribution in [0.2, 0.25) is 0 Å². The lowest BCUT2D eigenvalue weighted by molar-refractivity contribution is -0.176. The van der Waals surface area contributed by atoms with Crippen molar-refractivity contribution in [3.05, 3.63) is 0 Å². The van der Waals surface area contributed by atoms with E-state index in [9.17, 15) is 9.59 Å². The fourth-order valence-electron chi connectivity index (χ4n) is 2.09. The summed E-state index contributed by atoms with van der Waals surface area (Å²) in [6.45, 7) is 4.50. The van der Waals surface area contributed by atoms with Crippen LogP contribution in [0.1, 0.15) is 13.3 Å². The van der Waals surface area contributed by atoms with E-state index >= 15 is 0 Å². The third-order valence-electron chi connectivity index (χ3n) is 3.63. The number of ether oxygens (including phenoxy) is 1. The van der Waals surface area contributed by atoms with E-state index in [1.165, 1.54) is 0 Å². The Labute approximate surface area is 95.3 Å². The van der Waals surface area contributed by atoms with Gasteiger partial charge < -0.3 is 14.5 Å². The summed E-state index contributed by atoms with van der Waals surface area (Å²) in [7, 11) is 1.77. The van der Waals surface area contributed by atoms with E-state index in [4.69, 9.17) is 4.74 Å². The molecule has 2 fully saturated rings. The highest BCUT2D eigenvalue weighted by Crippen LogP contribution is 2.33. The van der Waals surface area contributed by atoms with E-state index in [-0.39, 0.29) is 23.8 Å². The topological polar surface area (TPSA) is 49.9 Å². The summed E-state index contributed by atoms with van der Waals surface area (Å²) in [5.74, 6) is 0.105. The van der Waals surface area contributed by atoms with E-state index in [1.54, 1.807) is 16.8 Å². The number of piperazine rings is 1. The summed E-state index contributed by atoms with van der Waals surface area (Å²) in [6, 6.07) is 0. The van der Waals surface area contributed by atoms with Gasteiger partial charge >= 0.3 is 0 Å². The van der Waals surface area contributed by atoms with Gasteiger partial charge in [0.2, 0.25) is 11.8 Å². The lowest BCUT2D eigenvalue weighted by atomic mass is 9.81. The molecular formula is C11H18N2O3. The Kier molecular flexibility index (Phi) is 2.88. The summed E-state index contributed by atoms with van der Waals surface area (Å²) in [5.41, 5.74) is -0.351. The van der Waals surface area contributed by atoms with Crippen molar-refractivity contribution in [1.82, 2.24) is 9.80 Å². The van der Waals surface area contributed by atoms with Crippen LogP contribution in [-0.4, -0.2) is 61.5 Å². The Morgan fingerprint density at radius 2 is 2.12 bits per heavy atom. The number of carbonyl (C=O) groups excluding carboxylic acids is 2. The molecule has 0 atom stereocenters. The molecule has 2 rings (SSSR count). The van der Waals surface area contributed by atoms with Gasteiger partial charge in [-0.1, -0.05) is 6.92 Å². The molecule has 5 heteroatoms. The molecule has 0 unspecified atom stereocenters. The van der Waals surface area contributed by atoms with E-state index in [0.29, 0.717) is 26.3 Å². The number of carbonyl (C=O) groups is 2. The maximum atomic E-state index is 12.3. The van der Waals surface area contributed by atoms with Crippen LogP contribution in [0, 0.1) is 5.41 Å². The Morgan fingerprint density at radius 3 is 2.56 bits per heavy atom. The highest BCUT2D eigenvalue weighted by molar-refractivity contribution is 5.89. The summed E-state index contributed by atoms with van der Waals surface area (Å²) in [6.07, 6.45) is 0.784. The molecule has 2 aliphatic heterocycles. The molecule has 0 spiro atoms. The molecule has 2 amide bonds. The first kappa shape index (κ1) is 11.4. The second-order valence-electron chi connectivity index (χ2n) is 4.67. The number of nitrogens with zero attached hydrogens (tertiary/aromatic N) is 2. The fraction of sp³-hybridized carbons (Fsp3) is 0.818. The Balaban J connectivity index is 2.02. The normalized spacial score (nSPS) is 24.2. The molecule has 2 saturated heterocycles. The standard InChI is InChI=1S/C11H18N2O3/c1-3-11(7-16-8-11)10(15)13-5-4-12(2)9(14)6-13/h3-8H2,1-2H3. The minimum atomic E-state index is -0.351. The van der Waals surface area contributed by atoms with Crippen molar-refractivity contribution >= 4 is 11.8 Å². The van der Waals surface area contributed by atoms with Crippen molar-refractivity contribution in [2.45, 2.75) is 13.3 Å². The van der Waals surface area contributed by atoms with Crippen molar-refractivity contribution in [2.75, 3.05) is 39.9 Å². The summed E-state index contributed by atoms with van der Waals surface area (Å²) in [5, 5.41) is 0. The fourth-order valence-corrected chi connectivity index (χ4v) is 2.09. The molecule has 16 heavy (non-hydrogen) atoms. The second-order valence-corrected chi connectivity index (χ2v) is 4.67. The van der Waals surface area contributed by atoms with Crippen LogP contribution in [0.4, 0.5) is 0 Å². The van der Waals surface area contributed by atoms with Gasteiger partial charge in [0, 0.05) is 20.1 Å². The van der Waals surface area contributed by atoms with Gasteiger partial charge in [-0.3, -0.25) is 9.59 Å². The van der Waals surface area contributed by atoms with E-state index in [1.807, 2.05) is 6.92 Å². The first-order chi connectivity index (χ1) is 7.59. The van der Waals surface area contributed by atoms with Gasteiger partial charge in [0.15, 0.2) is 0 Å². The average Bonchev–Trinajstić information content (AvgIpc) is 2.21. The predicted molar refractivity (Wildman–Crippen MR) is 57.8 cm³/mol. The van der Waals surface area contributed by atoms with Crippen LogP contribution in [-0.2, 0) is 14.3 Å². The minimum Gasteiger partial charge on any atom is -0.379 e. The molecule has 0 aromatic rings. The molecule has 0 bridgehead atoms. The number of amides is 2. The second kappa shape index (κ2) is 4.05. The molecule has 2 heterocycles. The van der Waals surface area contributed by atoms with Gasteiger partial charge in [-0.05, 0) is 6.42 Å². The van der Waals surface area contributed by atoms with Gasteiger partial charge in [0.25, 0.3) is 0 Å². The smallest absolute Gasteiger partial charge is 0.241 e. The average molecular weight is 226 g/mol. The van der Waals surface area contributed by atoms with Crippen LogP contribution in [0.15, 0.2) is 0 Å². The van der Waals surface area contributed by atoms with Gasteiger partial charge in [0.05, 0.1) is 25.2 Å². The van der Waals surface area contributed by atoms with Crippen molar-refractivity contribution in [3.8, 4) is 0 Å². The number of likely N-dealkylation sites (N-methyl/N-ethyl adjacent to an activating group) is 1. The molecule has 0 saturated carbocycles. The largest absolute Gasteiger partial charge is 0.379 e. The van der Waals surface area contributed by atoms with E-state index in [2.05, 4.69) is 0 Å². The molecule has 5 nitrogen and oxygen atoms in total. The maximum absolute atomic E-state index is 12.3. The molecule has 90 valence electrons. The molecule has 0 aliphatic carbocycles. The number of rotatable bonds is 2. The highest BCUT2D eigenvalue weighted by atomic mass is 16.5. The minimum absolute atomic E-state index is 0.0195. The predicted octanol–water partition coefficient (Wildman–Crippen LogP) is -0.286. The van der Waals surface area contributed by atoms with Gasteiger partial charge in [0.1, 0.15) is 0 Å². The lowest BCUT2D eigenvalue weighted by Gasteiger charge is -2.44. The van der Waals surface area contributed by atoms with E-state index < -0.39 is 0 Å². The van der Waals surface area contributed by atoms with Crippen LogP contribution < -0.4 is 0 Å². The summed E-state index contributed by atoms with van der Waals surface area (Å²) < 4.78 is 5.15. The van der Waals surface area contributed by atoms with Crippen LogP contribution in [0.25, 0.3) is 0 Å². The summed E-state index contributed by atoms with van der Waals surface area (Å²) in [4.78, 5) is 27.1. The molecule has 2 aliphatic rings. The molecule has 0 aromatic heterocycles. The highest BCUT2D eigenvalue weighted by Gasteiger charge is 2.47. The Hall–Kier alpha value is -1.10. The van der Waals surface area contributed by atoms with Gasteiger partial charge in [-0.15, -0.1) is 0 Å². The monoisotopic (exact) mass is 226 g/mol. The first-order valence-corrected chi connectivity index (χ1v) is 5.70. The van der Waals surface area contributed by atoms with Crippen molar-refractivity contribution in [1.29, 1.82) is 0 Å². The molecule has 0 radical (unpaired) electrons. The van der Waals surface area contributed by atoms with E-state index in [0.717, 1.165) is 6.42 Å². The number of hydrogen-bond donors (Lipinski definition) is 0. The first-order valence-electron chi connectivity index (χ1n) is 5.70. The molecule has 0 N–H and O–H groups in total. The lowest BCUT2D eigenvalue weighted by Crippen LogP contribution is -2.59. The van der Waals surface area contributed by atoms with Crippen molar-refractivity contribution < 1.29 is 14.3 Å². The zero-order chi connectivity index (χ0) is 11.8. The maximum Gasteiger partial charge on any atom is 0.241 e. The quantitative estimate of drug-likeness (QED) is 0.650. The zero-order valence-electron chi connectivity index (χ0n) is 9.86. The Morgan fingerprint density at radius 1 is 1.44 bits per heavy atom. The summed E-state index contributed by atoms with van der Waals surface area (Å²) >= 11 is 0. The van der Waals surface area contributed by atoms with Crippen LogP contribution in [0.3, 0.4) is 0 Å². The third kappa shape index (κ3) is 1.69.